The number of rotatable bonds is 9. The lowest BCUT2D eigenvalue weighted by Crippen LogP contribution is -2.47. The van der Waals surface area contributed by atoms with Crippen LogP contribution in [0.3, 0.4) is 0 Å². The Hall–Kier alpha value is -3.23. The number of hydrogen-bond acceptors (Lipinski definition) is 6. The van der Waals surface area contributed by atoms with Crippen LogP contribution in [0.2, 0.25) is 0 Å². The lowest BCUT2D eigenvalue weighted by atomic mass is 9.97. The molecular formula is C31H40N4O4. The number of benzene rings is 2. The van der Waals surface area contributed by atoms with E-state index in [0.29, 0.717) is 26.2 Å². The summed E-state index contributed by atoms with van der Waals surface area (Å²) in [5.41, 5.74) is 4.04. The van der Waals surface area contributed by atoms with Crippen LogP contribution in [0.25, 0.3) is 0 Å². The number of ether oxygens (including phenoxy) is 2. The minimum atomic E-state index is -0.210. The average Bonchev–Trinajstić information content (AvgIpc) is 3.67. The molecule has 1 atom stereocenters. The first kappa shape index (κ1) is 27.3. The second-order valence-corrected chi connectivity index (χ2v) is 10.8. The van der Waals surface area contributed by atoms with E-state index >= 15 is 0 Å². The molecule has 2 heterocycles. The zero-order valence-electron chi connectivity index (χ0n) is 23.2. The number of carbonyl (C=O) groups is 2. The van der Waals surface area contributed by atoms with Crippen LogP contribution < -0.4 is 4.74 Å². The first-order valence-electron chi connectivity index (χ1n) is 14.2. The second-order valence-electron chi connectivity index (χ2n) is 10.8. The van der Waals surface area contributed by atoms with Crippen molar-refractivity contribution in [2.75, 3.05) is 53.0 Å². The maximum absolute atomic E-state index is 13.9. The molecule has 0 radical (unpaired) electrons. The maximum Gasteiger partial charge on any atom is 0.262 e. The van der Waals surface area contributed by atoms with Crippen molar-refractivity contribution in [3.05, 3.63) is 65.2 Å². The summed E-state index contributed by atoms with van der Waals surface area (Å²) in [5, 5.41) is 6.47. The monoisotopic (exact) mass is 532 g/mol. The van der Waals surface area contributed by atoms with E-state index in [2.05, 4.69) is 36.1 Å². The molecule has 1 saturated heterocycles. The van der Waals surface area contributed by atoms with Crippen molar-refractivity contribution in [3.8, 4) is 5.75 Å². The molecule has 2 fully saturated rings. The molecule has 1 aliphatic carbocycles. The van der Waals surface area contributed by atoms with Crippen LogP contribution in [0.4, 0.5) is 0 Å². The van der Waals surface area contributed by atoms with Crippen molar-refractivity contribution in [3.63, 3.8) is 0 Å². The summed E-state index contributed by atoms with van der Waals surface area (Å²) in [6, 6.07) is 15.9. The van der Waals surface area contributed by atoms with E-state index in [1.165, 1.54) is 5.56 Å². The molecule has 3 aliphatic rings. The Bertz CT molecular complexity index is 1150. The van der Waals surface area contributed by atoms with Crippen molar-refractivity contribution >= 4 is 17.5 Å². The summed E-state index contributed by atoms with van der Waals surface area (Å²) >= 11 is 0. The van der Waals surface area contributed by atoms with Crippen LogP contribution in [0.1, 0.15) is 54.8 Å². The normalized spacial score (nSPS) is 20.2. The molecule has 2 aromatic rings. The fourth-order valence-electron chi connectivity index (χ4n) is 5.77. The first-order chi connectivity index (χ1) is 19.0. The Morgan fingerprint density at radius 1 is 1.03 bits per heavy atom. The van der Waals surface area contributed by atoms with Gasteiger partial charge in [0.1, 0.15) is 12.3 Å². The molecule has 2 aliphatic heterocycles. The number of carbonyl (C=O) groups excluding carboxylic acids is 2. The molecule has 2 aromatic carbocycles. The highest BCUT2D eigenvalue weighted by atomic mass is 16.5. The third-order valence-electron chi connectivity index (χ3n) is 8.18. The van der Waals surface area contributed by atoms with E-state index < -0.39 is 0 Å². The van der Waals surface area contributed by atoms with Crippen LogP contribution in [-0.2, 0) is 14.3 Å². The summed E-state index contributed by atoms with van der Waals surface area (Å²) in [5.74, 6) is 0.769. The zero-order valence-corrected chi connectivity index (χ0v) is 23.2. The van der Waals surface area contributed by atoms with Gasteiger partial charge in [-0.1, -0.05) is 42.7 Å². The Morgan fingerprint density at radius 3 is 2.38 bits per heavy atom. The number of nitrogens with zero attached hydrogens (tertiary/aromatic N) is 4. The molecule has 5 rings (SSSR count). The third kappa shape index (κ3) is 6.68. The Labute approximate surface area is 231 Å². The molecule has 0 aromatic heterocycles. The predicted molar refractivity (Wildman–Crippen MR) is 151 cm³/mol. The number of hydrogen-bond donors (Lipinski definition) is 0. The summed E-state index contributed by atoms with van der Waals surface area (Å²) in [6.45, 7) is 6.53. The molecule has 39 heavy (non-hydrogen) atoms. The largest absolute Gasteiger partial charge is 0.497 e. The fraction of sp³-hybridized carbons (Fsp3) is 0.516. The Morgan fingerprint density at radius 2 is 1.72 bits per heavy atom. The van der Waals surface area contributed by atoms with Crippen LogP contribution in [-0.4, -0.2) is 85.4 Å². The zero-order chi connectivity index (χ0) is 27.2. The van der Waals surface area contributed by atoms with Gasteiger partial charge in [0.25, 0.3) is 5.91 Å². The molecular weight excluding hydrogens is 492 g/mol. The molecule has 8 nitrogen and oxygen atoms in total. The van der Waals surface area contributed by atoms with Gasteiger partial charge in [-0.3, -0.25) is 14.5 Å². The van der Waals surface area contributed by atoms with Crippen LogP contribution in [0.5, 0.6) is 5.75 Å². The fourth-order valence-corrected chi connectivity index (χ4v) is 5.77. The van der Waals surface area contributed by atoms with Gasteiger partial charge >= 0.3 is 0 Å². The van der Waals surface area contributed by atoms with Crippen molar-refractivity contribution in [1.29, 1.82) is 0 Å². The SMILES string of the molecule is COc1ccc(C2=NN(C(=O)CN(CCN3CCOCC3)C(=O)C3CCCC3)[C@H](c3ccc(C)cc3)C2)cc1. The number of morpholine rings is 1. The van der Waals surface area contributed by atoms with Gasteiger partial charge in [0, 0.05) is 38.5 Å². The Balaban J connectivity index is 1.37. The highest BCUT2D eigenvalue weighted by Crippen LogP contribution is 2.34. The highest BCUT2D eigenvalue weighted by molar-refractivity contribution is 6.03. The van der Waals surface area contributed by atoms with Crippen molar-refractivity contribution in [1.82, 2.24) is 14.8 Å². The maximum atomic E-state index is 13.9. The quantitative estimate of drug-likeness (QED) is 0.488. The number of aryl methyl sites for hydroxylation is 1. The van der Waals surface area contributed by atoms with E-state index in [0.717, 1.165) is 67.9 Å². The van der Waals surface area contributed by atoms with Gasteiger partial charge < -0.3 is 14.4 Å². The first-order valence-corrected chi connectivity index (χ1v) is 14.2. The lowest BCUT2D eigenvalue weighted by Gasteiger charge is -2.32. The number of hydrazone groups is 1. The lowest BCUT2D eigenvalue weighted by molar-refractivity contribution is -0.144. The molecule has 0 unspecified atom stereocenters. The number of amides is 2. The van der Waals surface area contributed by atoms with Crippen LogP contribution in [0, 0.1) is 12.8 Å². The average molecular weight is 533 g/mol. The van der Waals surface area contributed by atoms with Gasteiger partial charge in [0.2, 0.25) is 5.91 Å². The van der Waals surface area contributed by atoms with Crippen LogP contribution in [0.15, 0.2) is 53.6 Å². The van der Waals surface area contributed by atoms with Crippen molar-refractivity contribution in [2.45, 2.75) is 45.1 Å². The molecule has 1 saturated carbocycles. The molecule has 208 valence electrons. The summed E-state index contributed by atoms with van der Waals surface area (Å²) in [6.07, 6.45) is 4.61. The summed E-state index contributed by atoms with van der Waals surface area (Å²) in [7, 11) is 1.65. The highest BCUT2D eigenvalue weighted by Gasteiger charge is 2.36. The van der Waals surface area contributed by atoms with E-state index in [1.54, 1.807) is 17.0 Å². The van der Waals surface area contributed by atoms with Gasteiger partial charge in [0.05, 0.1) is 32.1 Å². The summed E-state index contributed by atoms with van der Waals surface area (Å²) < 4.78 is 10.8. The third-order valence-corrected chi connectivity index (χ3v) is 8.18. The van der Waals surface area contributed by atoms with Gasteiger partial charge in [-0.15, -0.1) is 0 Å². The standard InChI is InChI=1S/C31H40N4O4/c1-23-7-9-25(10-8-23)29-21-28(24-11-13-27(38-2)14-12-24)32-35(29)30(36)22-34(31(37)26-5-3-4-6-26)16-15-33-17-19-39-20-18-33/h7-14,26,29H,3-6,15-22H2,1-2H3/t29-/m0/s1. The minimum absolute atomic E-state index is 0.0207. The second kappa shape index (κ2) is 12.7. The predicted octanol–water partition coefficient (Wildman–Crippen LogP) is 4.03. The van der Waals surface area contributed by atoms with Crippen LogP contribution >= 0.6 is 0 Å². The topological polar surface area (TPSA) is 74.7 Å². The smallest absolute Gasteiger partial charge is 0.262 e. The van der Waals surface area contributed by atoms with E-state index in [-0.39, 0.29) is 30.3 Å². The van der Waals surface area contributed by atoms with Gasteiger partial charge in [-0.05, 0) is 55.2 Å². The van der Waals surface area contributed by atoms with Crippen molar-refractivity contribution in [2.24, 2.45) is 11.0 Å². The Kier molecular flexibility index (Phi) is 8.94. The van der Waals surface area contributed by atoms with E-state index in [9.17, 15) is 9.59 Å². The van der Waals surface area contributed by atoms with Gasteiger partial charge in [-0.25, -0.2) is 5.01 Å². The van der Waals surface area contributed by atoms with E-state index in [4.69, 9.17) is 14.6 Å². The minimum Gasteiger partial charge on any atom is -0.497 e. The molecule has 0 spiro atoms. The van der Waals surface area contributed by atoms with E-state index in [1.807, 2.05) is 24.3 Å². The number of methoxy groups -OCH3 is 1. The summed E-state index contributed by atoms with van der Waals surface area (Å²) in [4.78, 5) is 31.6. The van der Waals surface area contributed by atoms with Gasteiger partial charge in [-0.2, -0.15) is 5.10 Å². The molecule has 0 N–H and O–H groups in total. The molecule has 2 amide bonds. The molecule has 0 bridgehead atoms. The van der Waals surface area contributed by atoms with Gasteiger partial charge in [0.15, 0.2) is 0 Å². The van der Waals surface area contributed by atoms with Crippen molar-refractivity contribution < 1.29 is 19.1 Å². The molecule has 8 heteroatoms.